The molecular formula is C15H20N2O4. The van der Waals surface area contributed by atoms with E-state index in [2.05, 4.69) is 5.32 Å². The number of aliphatic hydroxyl groups excluding tert-OH is 1. The molecular weight excluding hydrogens is 272 g/mol. The Bertz CT molecular complexity index is 530. The van der Waals surface area contributed by atoms with E-state index < -0.39 is 24.1 Å². The van der Waals surface area contributed by atoms with Gasteiger partial charge in [0.15, 0.2) is 6.04 Å². The van der Waals surface area contributed by atoms with E-state index in [0.29, 0.717) is 13.1 Å². The number of hydrogen-bond donors (Lipinski definition) is 3. The molecule has 0 aliphatic carbocycles. The van der Waals surface area contributed by atoms with E-state index in [4.69, 9.17) is 5.11 Å². The van der Waals surface area contributed by atoms with Gasteiger partial charge in [0.05, 0.1) is 6.10 Å². The molecule has 0 bridgehead atoms. The molecule has 0 saturated carbocycles. The summed E-state index contributed by atoms with van der Waals surface area (Å²) in [6.45, 7) is 2.36. The number of carbonyl (C=O) groups is 2. The number of aliphatic carboxylic acids is 1. The molecule has 0 radical (unpaired) electrons. The van der Waals surface area contributed by atoms with E-state index in [1.807, 2.05) is 24.3 Å². The molecule has 0 aromatic heterocycles. The predicted octanol–water partition coefficient (Wildman–Crippen LogP) is 0.978. The highest BCUT2D eigenvalue weighted by Crippen LogP contribution is 2.18. The normalized spacial score (nSPS) is 17.3. The van der Waals surface area contributed by atoms with Crippen LogP contribution >= 0.6 is 0 Å². The van der Waals surface area contributed by atoms with Crippen LogP contribution in [0, 0.1) is 0 Å². The van der Waals surface area contributed by atoms with Gasteiger partial charge >= 0.3 is 12.0 Å². The topological polar surface area (TPSA) is 89.9 Å². The fraction of sp³-hybridized carbons (Fsp3) is 0.467. The van der Waals surface area contributed by atoms with E-state index in [0.717, 1.165) is 18.4 Å². The second-order valence-electron chi connectivity index (χ2n) is 5.30. The summed E-state index contributed by atoms with van der Waals surface area (Å²) in [6, 6.07) is 6.17. The maximum atomic E-state index is 12.2. The molecule has 1 aromatic carbocycles. The number of amides is 2. The maximum Gasteiger partial charge on any atom is 0.328 e. The van der Waals surface area contributed by atoms with Crippen LogP contribution in [-0.4, -0.2) is 45.8 Å². The van der Waals surface area contributed by atoms with Crippen LogP contribution < -0.4 is 5.32 Å². The van der Waals surface area contributed by atoms with Gasteiger partial charge in [-0.05, 0) is 30.9 Å². The van der Waals surface area contributed by atoms with Crippen LogP contribution in [0.3, 0.4) is 0 Å². The number of aliphatic hydroxyl groups is 1. The number of carbonyl (C=O) groups excluding carboxylic acids is 1. The highest BCUT2D eigenvalue weighted by atomic mass is 16.4. The van der Waals surface area contributed by atoms with Crippen LogP contribution in [0.1, 0.15) is 24.5 Å². The summed E-state index contributed by atoms with van der Waals surface area (Å²) in [5, 5.41) is 20.8. The molecule has 0 fully saturated rings. The Hall–Kier alpha value is -2.08. The number of rotatable bonds is 3. The summed E-state index contributed by atoms with van der Waals surface area (Å²) in [5.74, 6) is -1.24. The standard InChI is InChI=1S/C15H20N2O4/c1-10(18)13(14(19)20)16-15(21)17-8-4-7-11-5-2-3-6-12(11)9-17/h2-3,5-6,10,13,18H,4,7-9H2,1H3,(H,16,21)(H,19,20)/t10-,13+/m1/s1. The van der Waals surface area contributed by atoms with E-state index in [1.54, 1.807) is 4.90 Å². The van der Waals surface area contributed by atoms with Crippen LogP contribution in [0.15, 0.2) is 24.3 Å². The first kappa shape index (κ1) is 15.3. The zero-order chi connectivity index (χ0) is 15.4. The SMILES string of the molecule is C[C@@H](O)[C@H](NC(=O)N1CCCc2ccccc2C1)C(=O)O. The molecule has 2 amide bonds. The van der Waals surface area contributed by atoms with Gasteiger partial charge in [-0.15, -0.1) is 0 Å². The van der Waals surface area contributed by atoms with E-state index in [1.165, 1.54) is 12.5 Å². The number of urea groups is 1. The summed E-state index contributed by atoms with van der Waals surface area (Å²) < 4.78 is 0. The van der Waals surface area contributed by atoms with Crippen LogP contribution in [0.5, 0.6) is 0 Å². The Labute approximate surface area is 123 Å². The molecule has 0 spiro atoms. The van der Waals surface area contributed by atoms with Crippen molar-refractivity contribution in [2.75, 3.05) is 6.54 Å². The number of benzene rings is 1. The number of fused-ring (bicyclic) bond motifs is 1. The number of nitrogens with one attached hydrogen (secondary N) is 1. The maximum absolute atomic E-state index is 12.2. The van der Waals surface area contributed by atoms with E-state index in [-0.39, 0.29) is 0 Å². The summed E-state index contributed by atoms with van der Waals surface area (Å²) in [7, 11) is 0. The summed E-state index contributed by atoms with van der Waals surface area (Å²) in [4.78, 5) is 24.8. The molecule has 1 heterocycles. The predicted molar refractivity (Wildman–Crippen MR) is 76.8 cm³/mol. The Balaban J connectivity index is 2.08. The molecule has 2 atom stereocenters. The average Bonchev–Trinajstić information content (AvgIpc) is 2.65. The lowest BCUT2D eigenvalue weighted by Crippen LogP contribution is -2.52. The second kappa shape index (κ2) is 6.58. The first-order chi connectivity index (χ1) is 9.99. The molecule has 0 saturated heterocycles. The van der Waals surface area contributed by atoms with Gasteiger partial charge in [-0.25, -0.2) is 9.59 Å². The minimum atomic E-state index is -1.30. The quantitative estimate of drug-likeness (QED) is 0.774. The van der Waals surface area contributed by atoms with Crippen molar-refractivity contribution in [1.29, 1.82) is 0 Å². The highest BCUT2D eigenvalue weighted by molar-refractivity contribution is 5.83. The van der Waals surface area contributed by atoms with Crippen LogP contribution in [0.4, 0.5) is 4.79 Å². The number of hydrogen-bond acceptors (Lipinski definition) is 3. The minimum absolute atomic E-state index is 0.453. The molecule has 1 aliphatic rings. The van der Waals surface area contributed by atoms with Crippen molar-refractivity contribution in [2.24, 2.45) is 0 Å². The van der Waals surface area contributed by atoms with Crippen LogP contribution in [0.2, 0.25) is 0 Å². The van der Waals surface area contributed by atoms with Crippen LogP contribution in [-0.2, 0) is 17.8 Å². The van der Waals surface area contributed by atoms with Gasteiger partial charge < -0.3 is 20.4 Å². The largest absolute Gasteiger partial charge is 0.480 e. The van der Waals surface area contributed by atoms with Crippen molar-refractivity contribution in [2.45, 2.75) is 38.5 Å². The lowest BCUT2D eigenvalue weighted by atomic mass is 10.0. The summed E-state index contributed by atoms with van der Waals surface area (Å²) >= 11 is 0. The number of nitrogens with zero attached hydrogens (tertiary/aromatic N) is 1. The van der Waals surface area contributed by atoms with Crippen molar-refractivity contribution in [1.82, 2.24) is 10.2 Å². The van der Waals surface area contributed by atoms with Gasteiger partial charge in [0, 0.05) is 13.1 Å². The molecule has 1 aliphatic heterocycles. The summed E-state index contributed by atoms with van der Waals surface area (Å²) in [5.41, 5.74) is 2.30. The fourth-order valence-corrected chi connectivity index (χ4v) is 2.49. The number of carboxylic acids is 1. The molecule has 1 aromatic rings. The zero-order valence-electron chi connectivity index (χ0n) is 12.0. The summed E-state index contributed by atoms with van der Waals surface area (Å²) in [6.07, 6.45) is 0.584. The molecule has 114 valence electrons. The Morgan fingerprint density at radius 1 is 1.29 bits per heavy atom. The van der Waals surface area contributed by atoms with Gasteiger partial charge in [-0.3, -0.25) is 0 Å². The molecule has 6 heteroatoms. The Kier molecular flexibility index (Phi) is 4.80. The first-order valence-electron chi connectivity index (χ1n) is 7.02. The Morgan fingerprint density at radius 2 is 1.95 bits per heavy atom. The zero-order valence-corrected chi connectivity index (χ0v) is 12.0. The number of carboxylic acid groups (broad SMARTS) is 1. The van der Waals surface area contributed by atoms with Gasteiger partial charge in [-0.1, -0.05) is 24.3 Å². The van der Waals surface area contributed by atoms with Crippen molar-refractivity contribution in [3.05, 3.63) is 35.4 Å². The molecule has 2 rings (SSSR count). The number of aryl methyl sites for hydroxylation is 1. The first-order valence-corrected chi connectivity index (χ1v) is 7.02. The van der Waals surface area contributed by atoms with Crippen molar-refractivity contribution in [3.63, 3.8) is 0 Å². The third-order valence-electron chi connectivity index (χ3n) is 3.67. The smallest absolute Gasteiger partial charge is 0.328 e. The van der Waals surface area contributed by atoms with Crippen LogP contribution in [0.25, 0.3) is 0 Å². The van der Waals surface area contributed by atoms with Crippen molar-refractivity contribution in [3.8, 4) is 0 Å². The lowest BCUT2D eigenvalue weighted by molar-refractivity contribution is -0.141. The van der Waals surface area contributed by atoms with E-state index >= 15 is 0 Å². The fourth-order valence-electron chi connectivity index (χ4n) is 2.49. The molecule has 21 heavy (non-hydrogen) atoms. The van der Waals surface area contributed by atoms with Gasteiger partial charge in [0.25, 0.3) is 0 Å². The third kappa shape index (κ3) is 3.72. The lowest BCUT2D eigenvalue weighted by Gasteiger charge is -2.25. The highest BCUT2D eigenvalue weighted by Gasteiger charge is 2.28. The van der Waals surface area contributed by atoms with Gasteiger partial charge in [0.1, 0.15) is 0 Å². The molecule has 6 nitrogen and oxygen atoms in total. The average molecular weight is 292 g/mol. The monoisotopic (exact) mass is 292 g/mol. The van der Waals surface area contributed by atoms with E-state index in [9.17, 15) is 14.7 Å². The van der Waals surface area contributed by atoms with Gasteiger partial charge in [-0.2, -0.15) is 0 Å². The molecule has 3 N–H and O–H groups in total. The molecule has 0 unspecified atom stereocenters. The minimum Gasteiger partial charge on any atom is -0.480 e. The Morgan fingerprint density at radius 3 is 2.57 bits per heavy atom. The van der Waals surface area contributed by atoms with Gasteiger partial charge in [0.2, 0.25) is 0 Å². The second-order valence-corrected chi connectivity index (χ2v) is 5.30. The third-order valence-corrected chi connectivity index (χ3v) is 3.67. The van der Waals surface area contributed by atoms with Crippen molar-refractivity contribution >= 4 is 12.0 Å². The van der Waals surface area contributed by atoms with Crippen molar-refractivity contribution < 1.29 is 19.8 Å².